The molecule has 0 rings (SSSR count). The van der Waals surface area contributed by atoms with Crippen molar-refractivity contribution >= 4 is 30.9 Å². The van der Waals surface area contributed by atoms with Crippen molar-refractivity contribution in [1.29, 1.82) is 0 Å². The molecule has 0 aliphatic heterocycles. The van der Waals surface area contributed by atoms with Crippen LogP contribution in [-0.4, -0.2) is 23.1 Å². The van der Waals surface area contributed by atoms with E-state index in [1.165, 1.54) is 0 Å². The monoisotopic (exact) mass is 182 g/mol. The zero-order chi connectivity index (χ0) is 4.50. The van der Waals surface area contributed by atoms with E-state index in [9.17, 15) is 0 Å². The summed E-state index contributed by atoms with van der Waals surface area (Å²) in [6.45, 7) is 0. The Hall–Kier alpha value is 1.99. The molecule has 0 aromatic carbocycles. The molecule has 0 N–H and O–H groups in total. The van der Waals surface area contributed by atoms with Gasteiger partial charge in [0.1, 0.15) is 0 Å². The van der Waals surface area contributed by atoms with E-state index < -0.39 is 7.82 Å². The second-order valence-electron chi connectivity index (χ2n) is 0.447. The maximum atomic E-state index is 8.55. The van der Waals surface area contributed by atoms with Gasteiger partial charge in [-0.3, -0.25) is 0 Å². The molecule has 40 valence electrons. The first-order chi connectivity index (χ1) is 2.00. The number of hydrogen-bond donors (Lipinski definition) is 0. The average molecular weight is 182 g/mol. The summed E-state index contributed by atoms with van der Waals surface area (Å²) in [6, 6.07) is 0. The molecule has 0 aliphatic rings. The summed E-state index contributed by atoms with van der Waals surface area (Å²) in [5, 5.41) is 0. The molecule has 8 heteroatoms. The van der Waals surface area contributed by atoms with E-state index >= 15 is 0 Å². The third-order valence-corrected chi connectivity index (χ3v) is 0. The van der Waals surface area contributed by atoms with Gasteiger partial charge >= 0.3 is 41.9 Å². The van der Waals surface area contributed by atoms with Crippen molar-refractivity contribution in [3.63, 3.8) is 0 Å². The van der Waals surface area contributed by atoms with Gasteiger partial charge in [0.2, 0.25) is 0 Å². The third-order valence-electron chi connectivity index (χ3n) is 0. The molecule has 0 atom stereocenters. The van der Waals surface area contributed by atoms with Crippen LogP contribution in [0.1, 0.15) is 0 Å². The van der Waals surface area contributed by atoms with Gasteiger partial charge in [0.15, 0.2) is 0 Å². The Labute approximate surface area is 85.5 Å². The molecule has 0 unspecified atom stereocenters. The van der Waals surface area contributed by atoms with Crippen LogP contribution in [0.2, 0.25) is 0 Å². The summed E-state index contributed by atoms with van der Waals surface area (Å²) < 4.78 is 8.55. The molecule has 0 spiro atoms. The van der Waals surface area contributed by atoms with Crippen LogP contribution < -0.4 is 33.5 Å². The summed E-state index contributed by atoms with van der Waals surface area (Å²) >= 11 is 0. The van der Waals surface area contributed by atoms with Crippen LogP contribution in [0.4, 0.5) is 0 Å². The molecule has 0 radical (unpaired) electrons. The van der Waals surface area contributed by atoms with Gasteiger partial charge in [0, 0.05) is 17.1 Å². The predicted molar refractivity (Wildman–Crippen MR) is 13.4 cm³/mol. The molecule has 4 nitrogen and oxygen atoms in total. The van der Waals surface area contributed by atoms with Crippen molar-refractivity contribution in [3.05, 3.63) is 0 Å². The Balaban J connectivity index is -0.0000000267. The molecule has 0 aromatic heterocycles. The van der Waals surface area contributed by atoms with E-state index in [0.29, 0.717) is 0 Å². The number of rotatable bonds is 0. The number of phosphoric acid groups is 1. The van der Waals surface area contributed by atoms with Crippen LogP contribution in [0.3, 0.4) is 0 Å². The second kappa shape index (κ2) is 8.99. The standard InChI is InChI=1S/Fe.Li.Mg.H3O4P/c;;;1-5(2,3)4/h;;;(H3,1,2,3,4)/q;+1;+2;/p-3. The first-order valence-corrected chi connectivity index (χ1v) is 2.19. The van der Waals surface area contributed by atoms with Crippen LogP contribution in [0.5, 0.6) is 0 Å². The summed E-state index contributed by atoms with van der Waals surface area (Å²) in [6.07, 6.45) is 0. The normalized spacial score (nSPS) is 7.38. The number of hydrogen-bond acceptors (Lipinski definition) is 4. The zero-order valence-corrected chi connectivity index (χ0v) is 7.55. The van der Waals surface area contributed by atoms with Gasteiger partial charge in [-0.1, -0.05) is 0 Å². The van der Waals surface area contributed by atoms with Crippen molar-refractivity contribution in [3.8, 4) is 0 Å². The Morgan fingerprint density at radius 3 is 1.12 bits per heavy atom. The molecule has 0 bridgehead atoms. The fraction of sp³-hybridized carbons (Fsp3) is 0. The second-order valence-corrected chi connectivity index (χ2v) is 1.34. The molecule has 0 aromatic rings. The molecule has 0 saturated heterocycles. The summed E-state index contributed by atoms with van der Waals surface area (Å²) in [5.41, 5.74) is 0. The van der Waals surface area contributed by atoms with E-state index in [1.54, 1.807) is 0 Å². The molecular weight excluding hydrogens is 182 g/mol. The first-order valence-electron chi connectivity index (χ1n) is 0.730. The van der Waals surface area contributed by atoms with Crippen LogP contribution >= 0.6 is 7.82 Å². The largest absolute Gasteiger partial charge is 2.00 e. The maximum absolute atomic E-state index is 8.55. The maximum Gasteiger partial charge on any atom is 2.00 e. The van der Waals surface area contributed by atoms with E-state index in [4.69, 9.17) is 19.2 Å². The molecule has 8 heavy (non-hydrogen) atoms. The quantitative estimate of drug-likeness (QED) is 0.275. The Kier molecular flexibility index (Phi) is 25.3. The first kappa shape index (κ1) is 22.5. The van der Waals surface area contributed by atoms with Gasteiger partial charge in [0.25, 0.3) is 0 Å². The Morgan fingerprint density at radius 2 is 1.12 bits per heavy atom. The minimum atomic E-state index is -5.39. The zero-order valence-electron chi connectivity index (χ0n) is 4.14. The summed E-state index contributed by atoms with van der Waals surface area (Å²) in [4.78, 5) is 25.6. The molecule has 0 heterocycles. The van der Waals surface area contributed by atoms with E-state index in [-0.39, 0.29) is 59.0 Å². The van der Waals surface area contributed by atoms with E-state index in [2.05, 4.69) is 0 Å². The minimum absolute atomic E-state index is 0. The van der Waals surface area contributed by atoms with Crippen LogP contribution in [0.25, 0.3) is 0 Å². The van der Waals surface area contributed by atoms with Gasteiger partial charge in [0.05, 0.1) is 0 Å². The van der Waals surface area contributed by atoms with Gasteiger partial charge in [-0.05, 0) is 0 Å². The van der Waals surface area contributed by atoms with Gasteiger partial charge < -0.3 is 19.2 Å². The molecule has 0 saturated carbocycles. The van der Waals surface area contributed by atoms with E-state index in [0.717, 1.165) is 0 Å². The minimum Gasteiger partial charge on any atom is -0.822 e. The van der Waals surface area contributed by atoms with E-state index in [1.807, 2.05) is 0 Å². The van der Waals surface area contributed by atoms with Crippen molar-refractivity contribution in [2.75, 3.05) is 0 Å². The van der Waals surface area contributed by atoms with Crippen molar-refractivity contribution in [2.45, 2.75) is 0 Å². The van der Waals surface area contributed by atoms with Crippen LogP contribution in [0, 0.1) is 0 Å². The fourth-order valence-corrected chi connectivity index (χ4v) is 0. The third kappa shape index (κ3) is 98.4. The molecule has 0 fully saturated rings. The Morgan fingerprint density at radius 1 is 1.12 bits per heavy atom. The average Bonchev–Trinajstić information content (AvgIpc) is 0.722. The molecular formula is FeLiMgO4P. The van der Waals surface area contributed by atoms with Gasteiger partial charge in [-0.2, -0.15) is 7.82 Å². The topological polar surface area (TPSA) is 86.2 Å². The predicted octanol–water partition coefficient (Wildman–Crippen LogP) is -6.20. The van der Waals surface area contributed by atoms with Crippen LogP contribution in [0.15, 0.2) is 0 Å². The van der Waals surface area contributed by atoms with Crippen molar-refractivity contribution < 1.29 is 55.2 Å². The van der Waals surface area contributed by atoms with Gasteiger partial charge in [-0.25, -0.2) is 0 Å². The van der Waals surface area contributed by atoms with Crippen LogP contribution in [-0.2, 0) is 21.6 Å². The molecule has 0 aliphatic carbocycles. The SMILES string of the molecule is O=P([O-])([O-])[O-].[Fe].[Li+].[Mg+2]. The summed E-state index contributed by atoms with van der Waals surface area (Å²) in [5.74, 6) is 0. The van der Waals surface area contributed by atoms with Crippen molar-refractivity contribution in [2.24, 2.45) is 0 Å². The Bertz CT molecular complexity index is 62.2. The summed E-state index contributed by atoms with van der Waals surface area (Å²) in [7, 11) is -5.39. The van der Waals surface area contributed by atoms with Gasteiger partial charge in [-0.15, -0.1) is 0 Å². The smallest absolute Gasteiger partial charge is 0.822 e. The fourth-order valence-electron chi connectivity index (χ4n) is 0. The van der Waals surface area contributed by atoms with Crippen molar-refractivity contribution in [1.82, 2.24) is 0 Å². The molecule has 0 amide bonds.